The zero-order valence-electron chi connectivity index (χ0n) is 18.1. The minimum Gasteiger partial charge on any atom is -0.496 e. The van der Waals surface area contributed by atoms with Crippen LogP contribution in [0.5, 0.6) is 5.75 Å². The largest absolute Gasteiger partial charge is 0.496 e. The molecule has 0 saturated carbocycles. The number of carbonyl (C=O) groups excluding carboxylic acids is 1. The van der Waals surface area contributed by atoms with Gasteiger partial charge in [0.2, 0.25) is 5.95 Å². The normalized spacial score (nSPS) is 15.3. The Morgan fingerprint density at radius 1 is 1.29 bits per heavy atom. The molecular weight excluding hydrogens is 394 g/mol. The highest BCUT2D eigenvalue weighted by Gasteiger charge is 2.25. The number of H-pyrrole nitrogens is 1. The first-order valence-electron chi connectivity index (χ1n) is 10.6. The van der Waals surface area contributed by atoms with E-state index in [-0.39, 0.29) is 11.9 Å². The van der Waals surface area contributed by atoms with Gasteiger partial charge in [-0.25, -0.2) is 15.0 Å². The van der Waals surface area contributed by atoms with Gasteiger partial charge in [0.05, 0.1) is 31.4 Å². The van der Waals surface area contributed by atoms with Gasteiger partial charge in [0.25, 0.3) is 0 Å². The van der Waals surface area contributed by atoms with Gasteiger partial charge in [-0.15, -0.1) is 0 Å². The third-order valence-electron chi connectivity index (χ3n) is 5.42. The summed E-state index contributed by atoms with van der Waals surface area (Å²) in [7, 11) is 1.63. The molecule has 0 fully saturated rings. The van der Waals surface area contributed by atoms with Crippen molar-refractivity contribution in [2.45, 2.75) is 45.4 Å². The number of nitrogens with one attached hydrogen (secondary N) is 2. The van der Waals surface area contributed by atoms with Crippen LogP contribution in [0.15, 0.2) is 30.6 Å². The first-order chi connectivity index (χ1) is 15.1. The van der Waals surface area contributed by atoms with Crippen molar-refractivity contribution in [2.24, 2.45) is 0 Å². The van der Waals surface area contributed by atoms with E-state index < -0.39 is 0 Å². The Morgan fingerprint density at radius 3 is 2.90 bits per heavy atom. The number of carbonyl (C=O) groups is 1. The maximum atomic E-state index is 12.0. The monoisotopic (exact) mass is 421 g/mol. The molecule has 2 heterocycles. The number of aromatic nitrogens is 4. The van der Waals surface area contributed by atoms with E-state index in [2.05, 4.69) is 20.3 Å². The van der Waals surface area contributed by atoms with Crippen LogP contribution < -0.4 is 10.1 Å². The molecule has 2 N–H and O–H groups in total. The Balaban J connectivity index is 1.56. The van der Waals surface area contributed by atoms with Crippen LogP contribution in [0, 0.1) is 6.92 Å². The Bertz CT molecular complexity index is 1080. The fourth-order valence-corrected chi connectivity index (χ4v) is 3.97. The average Bonchev–Trinajstić information content (AvgIpc) is 3.20. The molecule has 1 aliphatic rings. The number of hydrogen-bond acceptors (Lipinski definition) is 7. The molecule has 1 aliphatic carbocycles. The fourth-order valence-electron chi connectivity index (χ4n) is 3.97. The van der Waals surface area contributed by atoms with Crippen LogP contribution in [-0.2, 0) is 16.0 Å². The zero-order chi connectivity index (χ0) is 21.8. The lowest BCUT2D eigenvalue weighted by Gasteiger charge is -2.24. The second-order valence-corrected chi connectivity index (χ2v) is 7.66. The summed E-state index contributed by atoms with van der Waals surface area (Å²) in [5.41, 5.74) is 4.71. The number of methoxy groups -OCH3 is 1. The van der Waals surface area contributed by atoms with Crippen molar-refractivity contribution in [1.29, 1.82) is 0 Å². The van der Waals surface area contributed by atoms with Crippen LogP contribution in [-0.4, -0.2) is 39.6 Å². The number of ether oxygens (including phenoxy) is 2. The Kier molecular flexibility index (Phi) is 6.16. The van der Waals surface area contributed by atoms with Gasteiger partial charge in [-0.05, 0) is 50.8 Å². The SMILES string of the molecule is CCOC(=O)CC1CCCc2cnc(Nc3ccc(-c4ncc(C)[nH]4)c(OC)c3)nc21. The second kappa shape index (κ2) is 9.16. The predicted molar refractivity (Wildman–Crippen MR) is 118 cm³/mol. The quantitative estimate of drug-likeness (QED) is 0.548. The molecule has 1 unspecified atom stereocenters. The number of rotatable bonds is 7. The van der Waals surface area contributed by atoms with E-state index >= 15 is 0 Å². The van der Waals surface area contributed by atoms with E-state index in [1.54, 1.807) is 13.3 Å². The number of aryl methyl sites for hydroxylation is 2. The van der Waals surface area contributed by atoms with Crippen molar-refractivity contribution in [3.05, 3.63) is 47.5 Å². The third kappa shape index (κ3) is 4.68. The Morgan fingerprint density at radius 2 is 2.16 bits per heavy atom. The first-order valence-corrected chi connectivity index (χ1v) is 10.6. The van der Waals surface area contributed by atoms with Gasteiger partial charge in [-0.3, -0.25) is 4.79 Å². The molecule has 8 nitrogen and oxygen atoms in total. The Hall–Kier alpha value is -3.42. The zero-order valence-corrected chi connectivity index (χ0v) is 18.1. The van der Waals surface area contributed by atoms with E-state index in [4.69, 9.17) is 14.5 Å². The van der Waals surface area contributed by atoms with Crippen molar-refractivity contribution >= 4 is 17.6 Å². The number of hydrogen-bond donors (Lipinski definition) is 2. The summed E-state index contributed by atoms with van der Waals surface area (Å²) >= 11 is 0. The summed E-state index contributed by atoms with van der Waals surface area (Å²) in [5.74, 6) is 1.83. The summed E-state index contributed by atoms with van der Waals surface area (Å²) in [6.45, 7) is 4.18. The highest BCUT2D eigenvalue weighted by Crippen LogP contribution is 2.34. The second-order valence-electron chi connectivity index (χ2n) is 7.66. The minimum absolute atomic E-state index is 0.0606. The molecule has 8 heteroatoms. The molecule has 3 aromatic rings. The summed E-state index contributed by atoms with van der Waals surface area (Å²) in [5, 5.41) is 3.26. The standard InChI is InChI=1S/C23H27N5O3/c1-4-31-20(29)10-15-6-5-7-16-13-25-23(28-21(15)16)27-17-8-9-18(19(11-17)30-3)22-24-12-14(2)26-22/h8-9,11-13,15H,4-7,10H2,1-3H3,(H,24,26)(H,25,27,28). The molecule has 162 valence electrons. The molecule has 0 aliphatic heterocycles. The molecule has 0 radical (unpaired) electrons. The van der Waals surface area contributed by atoms with Gasteiger partial charge >= 0.3 is 5.97 Å². The lowest BCUT2D eigenvalue weighted by atomic mass is 9.85. The smallest absolute Gasteiger partial charge is 0.306 e. The van der Waals surface area contributed by atoms with Crippen molar-refractivity contribution in [2.75, 3.05) is 19.0 Å². The number of benzene rings is 1. The number of anilines is 2. The van der Waals surface area contributed by atoms with Crippen LogP contribution in [0.1, 0.15) is 49.1 Å². The van der Waals surface area contributed by atoms with E-state index in [0.717, 1.165) is 53.3 Å². The highest BCUT2D eigenvalue weighted by atomic mass is 16.5. The summed E-state index contributed by atoms with van der Waals surface area (Å²) in [4.78, 5) is 28.9. The van der Waals surface area contributed by atoms with Gasteiger partial charge in [0.1, 0.15) is 11.6 Å². The van der Waals surface area contributed by atoms with Gasteiger partial charge in [-0.1, -0.05) is 0 Å². The lowest BCUT2D eigenvalue weighted by molar-refractivity contribution is -0.143. The van der Waals surface area contributed by atoms with Gasteiger partial charge < -0.3 is 19.8 Å². The molecule has 4 rings (SSSR count). The molecule has 0 amide bonds. The van der Waals surface area contributed by atoms with Crippen molar-refractivity contribution in [1.82, 2.24) is 19.9 Å². The van der Waals surface area contributed by atoms with Crippen LogP contribution in [0.3, 0.4) is 0 Å². The van der Waals surface area contributed by atoms with Gasteiger partial charge in [-0.2, -0.15) is 0 Å². The summed E-state index contributed by atoms with van der Waals surface area (Å²) in [6.07, 6.45) is 6.88. The molecule has 2 aromatic heterocycles. The van der Waals surface area contributed by atoms with Crippen LogP contribution in [0.2, 0.25) is 0 Å². The topological polar surface area (TPSA) is 102 Å². The van der Waals surface area contributed by atoms with E-state index in [9.17, 15) is 4.79 Å². The lowest BCUT2D eigenvalue weighted by Crippen LogP contribution is -2.18. The first kappa shape index (κ1) is 20.8. The number of esters is 1. The van der Waals surface area contributed by atoms with Crippen LogP contribution in [0.25, 0.3) is 11.4 Å². The molecule has 0 bridgehead atoms. The maximum Gasteiger partial charge on any atom is 0.306 e. The average molecular weight is 422 g/mol. The summed E-state index contributed by atoms with van der Waals surface area (Å²) in [6, 6.07) is 5.78. The maximum absolute atomic E-state index is 12.0. The van der Waals surface area contributed by atoms with E-state index in [1.807, 2.05) is 38.2 Å². The molecule has 0 saturated heterocycles. The number of aromatic amines is 1. The molecule has 0 spiro atoms. The molecule has 1 aromatic carbocycles. The van der Waals surface area contributed by atoms with E-state index in [1.165, 1.54) is 0 Å². The number of nitrogens with zero attached hydrogens (tertiary/aromatic N) is 3. The van der Waals surface area contributed by atoms with Crippen LogP contribution in [0.4, 0.5) is 11.6 Å². The van der Waals surface area contributed by atoms with Crippen molar-refractivity contribution in [3.63, 3.8) is 0 Å². The fraction of sp³-hybridized carbons (Fsp3) is 0.391. The van der Waals surface area contributed by atoms with Gasteiger partial charge in [0.15, 0.2) is 0 Å². The third-order valence-corrected chi connectivity index (χ3v) is 5.42. The minimum atomic E-state index is -0.179. The highest BCUT2D eigenvalue weighted by molar-refractivity contribution is 5.71. The Labute approximate surface area is 181 Å². The molecular formula is C23H27N5O3. The number of fused-ring (bicyclic) bond motifs is 1. The predicted octanol–water partition coefficient (Wildman–Crippen LogP) is 4.30. The summed E-state index contributed by atoms with van der Waals surface area (Å²) < 4.78 is 10.7. The van der Waals surface area contributed by atoms with Crippen molar-refractivity contribution in [3.8, 4) is 17.1 Å². The van der Waals surface area contributed by atoms with Gasteiger partial charge in [0, 0.05) is 35.8 Å². The van der Waals surface area contributed by atoms with E-state index in [0.29, 0.717) is 24.7 Å². The van der Waals surface area contributed by atoms with Crippen LogP contribution >= 0.6 is 0 Å². The molecule has 31 heavy (non-hydrogen) atoms. The van der Waals surface area contributed by atoms with Crippen molar-refractivity contribution < 1.29 is 14.3 Å². The molecule has 1 atom stereocenters. The number of imidazole rings is 1.